The number of hydrogen-bond acceptors (Lipinski definition) is 8. The van der Waals surface area contributed by atoms with Gasteiger partial charge in [-0.2, -0.15) is 4.98 Å². The van der Waals surface area contributed by atoms with Crippen LogP contribution in [0.5, 0.6) is 0 Å². The zero-order valence-electron chi connectivity index (χ0n) is 11.2. The minimum Gasteiger partial charge on any atom is -0.368 e. The Labute approximate surface area is 115 Å². The van der Waals surface area contributed by atoms with Crippen LogP contribution in [0.2, 0.25) is 0 Å². The molecule has 0 aliphatic carbocycles. The summed E-state index contributed by atoms with van der Waals surface area (Å²) < 4.78 is 0. The van der Waals surface area contributed by atoms with Gasteiger partial charge in [-0.15, -0.1) is 0 Å². The Hall–Kier alpha value is -1.96. The molecule has 2 aromatic rings. The third-order valence-electron chi connectivity index (χ3n) is 2.36. The molecule has 0 spiro atoms. The zero-order chi connectivity index (χ0) is 14.0. The molecular formula is C11H15N7S. The number of nitrogens with two attached hydrogens (primary N) is 1. The summed E-state index contributed by atoms with van der Waals surface area (Å²) in [6, 6.07) is 0. The van der Waals surface area contributed by atoms with Gasteiger partial charge >= 0.3 is 0 Å². The van der Waals surface area contributed by atoms with Gasteiger partial charge < -0.3 is 10.6 Å². The summed E-state index contributed by atoms with van der Waals surface area (Å²) in [6.07, 6.45) is 3.56. The first kappa shape index (κ1) is 13.5. The molecule has 19 heavy (non-hydrogen) atoms. The minimum absolute atomic E-state index is 0.225. The van der Waals surface area contributed by atoms with Gasteiger partial charge in [0.1, 0.15) is 11.6 Å². The van der Waals surface area contributed by atoms with Crippen molar-refractivity contribution in [1.82, 2.24) is 24.9 Å². The minimum atomic E-state index is 0.225. The van der Waals surface area contributed by atoms with Crippen LogP contribution in [0, 0.1) is 6.92 Å². The Morgan fingerprint density at radius 3 is 2.53 bits per heavy atom. The lowest BCUT2D eigenvalue weighted by Gasteiger charge is -2.15. The molecule has 0 saturated carbocycles. The standard InChI is InChI=1S/C11H15N7S/c1-6-14-8(16-11(15-6)19-4)7-5-13-10(12)17-9(7)18(2)3/h5H,1-4H3,(H2,12,13,17). The maximum atomic E-state index is 5.62. The third-order valence-corrected chi connectivity index (χ3v) is 2.91. The monoisotopic (exact) mass is 277 g/mol. The molecular weight excluding hydrogens is 262 g/mol. The predicted octanol–water partition coefficient (Wildman–Crippen LogP) is 1.01. The topological polar surface area (TPSA) is 93.7 Å². The first-order valence-corrected chi connectivity index (χ1v) is 6.80. The van der Waals surface area contributed by atoms with Gasteiger partial charge in [0, 0.05) is 20.3 Å². The second-order valence-corrected chi connectivity index (χ2v) is 4.83. The molecule has 0 bridgehead atoms. The molecule has 2 aromatic heterocycles. The molecule has 0 aliphatic heterocycles. The maximum Gasteiger partial charge on any atom is 0.221 e. The molecule has 100 valence electrons. The summed E-state index contributed by atoms with van der Waals surface area (Å²) >= 11 is 1.47. The van der Waals surface area contributed by atoms with E-state index in [9.17, 15) is 0 Å². The molecule has 0 radical (unpaired) electrons. The quantitative estimate of drug-likeness (QED) is 0.831. The zero-order valence-corrected chi connectivity index (χ0v) is 12.1. The molecule has 7 nitrogen and oxygen atoms in total. The SMILES string of the molecule is CSc1nc(C)nc(-c2cnc(N)nc2N(C)C)n1. The van der Waals surface area contributed by atoms with Crippen molar-refractivity contribution >= 4 is 23.5 Å². The molecule has 0 aliphatic rings. The third kappa shape index (κ3) is 2.90. The summed E-state index contributed by atoms with van der Waals surface area (Å²) in [7, 11) is 3.77. The number of rotatable bonds is 3. The second kappa shape index (κ2) is 5.35. The van der Waals surface area contributed by atoms with E-state index in [0.29, 0.717) is 22.6 Å². The Kier molecular flexibility index (Phi) is 3.79. The molecule has 0 amide bonds. The van der Waals surface area contributed by atoms with Crippen molar-refractivity contribution in [2.75, 3.05) is 31.0 Å². The van der Waals surface area contributed by atoms with Crippen LogP contribution >= 0.6 is 11.8 Å². The number of hydrogen-bond donors (Lipinski definition) is 1. The summed E-state index contributed by atoms with van der Waals surface area (Å²) in [5.41, 5.74) is 6.36. The van der Waals surface area contributed by atoms with E-state index in [-0.39, 0.29) is 5.95 Å². The molecule has 2 heterocycles. The van der Waals surface area contributed by atoms with Crippen LogP contribution in [0.4, 0.5) is 11.8 Å². The summed E-state index contributed by atoms with van der Waals surface area (Å²) in [5.74, 6) is 2.13. The van der Waals surface area contributed by atoms with Crippen LogP contribution in [0.25, 0.3) is 11.4 Å². The van der Waals surface area contributed by atoms with Crippen molar-refractivity contribution in [3.05, 3.63) is 12.0 Å². The maximum absolute atomic E-state index is 5.62. The van der Waals surface area contributed by atoms with Crippen molar-refractivity contribution in [3.8, 4) is 11.4 Å². The van der Waals surface area contributed by atoms with E-state index in [4.69, 9.17) is 5.73 Å². The predicted molar refractivity (Wildman–Crippen MR) is 76.1 cm³/mol. The fourth-order valence-electron chi connectivity index (χ4n) is 1.55. The highest BCUT2D eigenvalue weighted by atomic mass is 32.2. The first-order chi connectivity index (χ1) is 9.01. The van der Waals surface area contributed by atoms with E-state index < -0.39 is 0 Å². The van der Waals surface area contributed by atoms with Gasteiger partial charge in [0.05, 0.1) is 5.56 Å². The number of nitrogens with zero attached hydrogens (tertiary/aromatic N) is 6. The van der Waals surface area contributed by atoms with Gasteiger partial charge in [-0.3, -0.25) is 0 Å². The fraction of sp³-hybridized carbons (Fsp3) is 0.364. The number of anilines is 2. The van der Waals surface area contributed by atoms with Gasteiger partial charge in [-0.1, -0.05) is 11.8 Å². The van der Waals surface area contributed by atoms with Crippen LogP contribution in [0.15, 0.2) is 11.4 Å². The van der Waals surface area contributed by atoms with E-state index in [1.54, 1.807) is 6.20 Å². The van der Waals surface area contributed by atoms with Crippen LogP contribution in [0.3, 0.4) is 0 Å². The molecule has 0 unspecified atom stereocenters. The van der Waals surface area contributed by atoms with E-state index >= 15 is 0 Å². The summed E-state index contributed by atoms with van der Waals surface area (Å²) in [4.78, 5) is 23.1. The Balaban J connectivity index is 2.61. The van der Waals surface area contributed by atoms with Crippen LogP contribution in [-0.4, -0.2) is 45.3 Å². The van der Waals surface area contributed by atoms with Gasteiger partial charge in [0.25, 0.3) is 0 Å². The van der Waals surface area contributed by atoms with Crippen molar-refractivity contribution < 1.29 is 0 Å². The molecule has 2 N–H and O–H groups in total. The average molecular weight is 277 g/mol. The normalized spacial score (nSPS) is 10.5. The lowest BCUT2D eigenvalue weighted by Crippen LogP contribution is -2.14. The molecule has 0 aromatic carbocycles. The highest BCUT2D eigenvalue weighted by Crippen LogP contribution is 2.26. The molecule has 0 fully saturated rings. The summed E-state index contributed by atoms with van der Waals surface area (Å²) in [5, 5.41) is 0.670. The van der Waals surface area contributed by atoms with Crippen LogP contribution < -0.4 is 10.6 Å². The smallest absolute Gasteiger partial charge is 0.221 e. The van der Waals surface area contributed by atoms with E-state index in [0.717, 1.165) is 5.56 Å². The number of aromatic nitrogens is 5. The number of nitrogen functional groups attached to an aromatic ring is 1. The Morgan fingerprint density at radius 1 is 1.16 bits per heavy atom. The van der Waals surface area contributed by atoms with E-state index in [2.05, 4.69) is 24.9 Å². The van der Waals surface area contributed by atoms with Crippen LogP contribution in [-0.2, 0) is 0 Å². The number of aryl methyl sites for hydroxylation is 1. The highest BCUT2D eigenvalue weighted by molar-refractivity contribution is 7.98. The number of thioether (sulfide) groups is 1. The Bertz CT molecular complexity index is 600. The van der Waals surface area contributed by atoms with Gasteiger partial charge in [-0.05, 0) is 13.2 Å². The molecule has 2 rings (SSSR count). The van der Waals surface area contributed by atoms with E-state index in [1.165, 1.54) is 11.8 Å². The summed E-state index contributed by atoms with van der Waals surface area (Å²) in [6.45, 7) is 1.83. The second-order valence-electron chi connectivity index (χ2n) is 4.05. The molecule has 8 heteroatoms. The largest absolute Gasteiger partial charge is 0.368 e. The van der Waals surface area contributed by atoms with Crippen molar-refractivity contribution in [1.29, 1.82) is 0 Å². The van der Waals surface area contributed by atoms with Crippen molar-refractivity contribution in [2.45, 2.75) is 12.1 Å². The first-order valence-electron chi connectivity index (χ1n) is 5.58. The fourth-order valence-corrected chi connectivity index (χ4v) is 1.95. The van der Waals surface area contributed by atoms with Gasteiger partial charge in [0.2, 0.25) is 5.95 Å². The average Bonchev–Trinajstić information content (AvgIpc) is 2.37. The molecule has 0 atom stereocenters. The van der Waals surface area contributed by atoms with Gasteiger partial charge in [-0.25, -0.2) is 19.9 Å². The Morgan fingerprint density at radius 2 is 1.89 bits per heavy atom. The molecule has 0 saturated heterocycles. The van der Waals surface area contributed by atoms with Crippen molar-refractivity contribution in [2.24, 2.45) is 0 Å². The van der Waals surface area contributed by atoms with Crippen LogP contribution in [0.1, 0.15) is 5.82 Å². The van der Waals surface area contributed by atoms with Gasteiger partial charge in [0.15, 0.2) is 11.0 Å². The lowest BCUT2D eigenvalue weighted by molar-refractivity contribution is 0.865. The van der Waals surface area contributed by atoms with E-state index in [1.807, 2.05) is 32.2 Å². The van der Waals surface area contributed by atoms with Crippen molar-refractivity contribution in [3.63, 3.8) is 0 Å². The lowest BCUT2D eigenvalue weighted by atomic mass is 10.2. The highest BCUT2D eigenvalue weighted by Gasteiger charge is 2.14.